The summed E-state index contributed by atoms with van der Waals surface area (Å²) in [5.41, 5.74) is 21.6. The molecule has 7 nitrogen and oxygen atoms in total. The molecule has 0 saturated heterocycles. The number of aromatic nitrogens is 2. The molecule has 0 saturated carbocycles. The smallest absolute Gasteiger partial charge is 0.235 e. The van der Waals surface area contributed by atoms with E-state index < -0.39 is 6.17 Å². The number of fused-ring (bicyclic) bond motifs is 12. The summed E-state index contributed by atoms with van der Waals surface area (Å²) >= 11 is 0. The Bertz CT molecular complexity index is 4830. The molecule has 0 radical (unpaired) electrons. The van der Waals surface area contributed by atoms with Gasteiger partial charge in [0.25, 0.3) is 0 Å². The molecule has 3 heterocycles. The molecule has 0 fully saturated rings. The van der Waals surface area contributed by atoms with Gasteiger partial charge in [0.2, 0.25) is 11.9 Å². The van der Waals surface area contributed by atoms with Crippen LogP contribution in [0.25, 0.3) is 77.2 Å². The maximum atomic E-state index is 6.01. The summed E-state index contributed by atoms with van der Waals surface area (Å²) < 4.78 is 4.77. The van der Waals surface area contributed by atoms with Crippen molar-refractivity contribution in [2.75, 3.05) is 16.8 Å². The van der Waals surface area contributed by atoms with Crippen LogP contribution in [0.2, 0.25) is 0 Å². The molecule has 83 heavy (non-hydrogen) atoms. The van der Waals surface area contributed by atoms with Crippen LogP contribution in [0.1, 0.15) is 61.7 Å². The first kappa shape index (κ1) is 48.6. The van der Waals surface area contributed by atoms with Crippen LogP contribution in [0, 0.1) is 0 Å². The highest BCUT2D eigenvalue weighted by Crippen LogP contribution is 2.53. The normalized spacial score (nSPS) is 15.5. The molecule has 1 unspecified atom stereocenters. The standard InChI is InChI=1S/C76H59N7/c1-75(2)64-33-19-15-29-56(64)58-41-37-54(47-66(58)75)80(52-39-43-70-62(45-52)60-31-17-21-35-68(60)82(70)50-25-11-7-12-26-50)73-77-72(49-23-9-6-10-24-49)79(5)74(78-73)81(55-38-42-59-57-30-16-20-34-65(57)76(3,4)67(59)48-55)53-40-44-71-63(46-53)61-32-18-22-36-69(61)83(71)51-27-13-8-14-28-51/h6-48,72H,1-5H3. The van der Waals surface area contributed by atoms with Gasteiger partial charge in [-0.1, -0.05) is 191 Å². The van der Waals surface area contributed by atoms with E-state index in [1.165, 1.54) is 55.3 Å². The number of benzene rings is 11. The van der Waals surface area contributed by atoms with Crippen molar-refractivity contribution in [1.29, 1.82) is 0 Å². The van der Waals surface area contributed by atoms with E-state index in [2.05, 4.69) is 319 Å². The molecular weight excluding hydrogens is 1010 g/mol. The van der Waals surface area contributed by atoms with E-state index in [0.717, 1.165) is 78.5 Å². The highest BCUT2D eigenvalue weighted by molar-refractivity contribution is 6.18. The Morgan fingerprint density at radius 2 is 0.735 bits per heavy atom. The van der Waals surface area contributed by atoms with Gasteiger partial charge in [-0.25, -0.2) is 4.99 Å². The van der Waals surface area contributed by atoms with Crippen LogP contribution in [0.4, 0.5) is 22.7 Å². The van der Waals surface area contributed by atoms with Crippen molar-refractivity contribution < 1.29 is 0 Å². The highest BCUT2D eigenvalue weighted by Gasteiger charge is 2.40. The van der Waals surface area contributed by atoms with Gasteiger partial charge < -0.3 is 14.0 Å². The van der Waals surface area contributed by atoms with E-state index in [0.29, 0.717) is 5.96 Å². The second-order valence-corrected chi connectivity index (χ2v) is 23.5. The zero-order chi connectivity index (χ0) is 55.7. The number of nitrogens with zero attached hydrogens (tertiary/aromatic N) is 7. The largest absolute Gasteiger partial charge is 0.319 e. The fourth-order valence-corrected chi connectivity index (χ4v) is 14.1. The first-order valence-corrected chi connectivity index (χ1v) is 28.8. The molecule has 13 aromatic rings. The summed E-state index contributed by atoms with van der Waals surface area (Å²) in [6.07, 6.45) is -0.471. The lowest BCUT2D eigenvalue weighted by molar-refractivity contribution is 0.376. The SMILES string of the molecule is CN1C(N(c2ccc3c(c2)C(C)(C)c2ccccc2-3)c2ccc3c(c2)c2ccccc2n3-c2ccccc2)=NC(N(c2ccc3c(c2)C(C)(C)c2ccccc2-3)c2ccc3c(c2)c2ccccc2n3-c2ccccc2)=NC1c1ccccc1. The summed E-state index contributed by atoms with van der Waals surface area (Å²) in [6, 6.07) is 95.3. The molecule has 0 amide bonds. The minimum absolute atomic E-state index is 0.250. The summed E-state index contributed by atoms with van der Waals surface area (Å²) in [5, 5.41) is 4.65. The maximum absolute atomic E-state index is 6.01. The zero-order valence-electron chi connectivity index (χ0n) is 47.0. The summed E-state index contributed by atoms with van der Waals surface area (Å²) in [6.45, 7) is 9.43. The van der Waals surface area contributed by atoms with Gasteiger partial charge in [-0.3, -0.25) is 9.80 Å². The number of aliphatic imine (C=N–C) groups is 2. The quantitative estimate of drug-likeness (QED) is 0.160. The number of rotatable bonds is 7. The van der Waals surface area contributed by atoms with Gasteiger partial charge in [-0.2, -0.15) is 4.99 Å². The van der Waals surface area contributed by atoms with E-state index >= 15 is 0 Å². The van der Waals surface area contributed by atoms with E-state index in [1.807, 2.05) is 0 Å². The van der Waals surface area contributed by atoms with Gasteiger partial charge >= 0.3 is 0 Å². The lowest BCUT2D eigenvalue weighted by Gasteiger charge is -2.40. The third-order valence-corrected chi connectivity index (χ3v) is 18.1. The molecular formula is C76H59N7. The molecule has 0 bridgehead atoms. The first-order chi connectivity index (χ1) is 40.6. The predicted molar refractivity (Wildman–Crippen MR) is 346 cm³/mol. The second kappa shape index (κ2) is 18.4. The number of para-hydroxylation sites is 4. The fourth-order valence-electron chi connectivity index (χ4n) is 14.1. The van der Waals surface area contributed by atoms with Gasteiger partial charge in [0.1, 0.15) is 0 Å². The maximum Gasteiger partial charge on any atom is 0.235 e. The van der Waals surface area contributed by atoms with Crippen LogP contribution in [0.5, 0.6) is 0 Å². The Labute approximate surface area is 483 Å². The predicted octanol–water partition coefficient (Wildman–Crippen LogP) is 18.8. The fraction of sp³-hybridized carbons (Fsp3) is 0.105. The van der Waals surface area contributed by atoms with Gasteiger partial charge in [0.05, 0.1) is 22.1 Å². The van der Waals surface area contributed by atoms with Gasteiger partial charge in [0.15, 0.2) is 6.17 Å². The topological polar surface area (TPSA) is 44.3 Å². The lowest BCUT2D eigenvalue weighted by atomic mass is 9.82. The first-order valence-electron chi connectivity index (χ1n) is 28.8. The van der Waals surface area contributed by atoms with Crippen molar-refractivity contribution in [2.45, 2.75) is 44.7 Å². The molecule has 398 valence electrons. The molecule has 1 atom stereocenters. The molecule has 3 aliphatic rings. The Morgan fingerprint density at radius 1 is 0.349 bits per heavy atom. The molecule has 11 aromatic carbocycles. The Balaban J connectivity index is 0.963. The molecule has 7 heteroatoms. The van der Waals surface area contributed by atoms with E-state index in [-0.39, 0.29) is 10.8 Å². The highest BCUT2D eigenvalue weighted by atomic mass is 15.5. The van der Waals surface area contributed by atoms with Crippen LogP contribution in [-0.2, 0) is 10.8 Å². The monoisotopic (exact) mass is 1070 g/mol. The van der Waals surface area contributed by atoms with Crippen molar-refractivity contribution in [3.8, 4) is 33.6 Å². The van der Waals surface area contributed by atoms with Crippen molar-refractivity contribution in [3.05, 3.63) is 289 Å². The van der Waals surface area contributed by atoms with Crippen LogP contribution in [-0.4, -0.2) is 33.0 Å². The zero-order valence-corrected chi connectivity index (χ0v) is 47.0. The second-order valence-electron chi connectivity index (χ2n) is 23.5. The van der Waals surface area contributed by atoms with E-state index in [4.69, 9.17) is 9.98 Å². The van der Waals surface area contributed by atoms with Crippen LogP contribution in [0.15, 0.2) is 271 Å². The molecule has 2 aromatic heterocycles. The van der Waals surface area contributed by atoms with E-state index in [9.17, 15) is 0 Å². The number of hydrogen-bond acceptors (Lipinski definition) is 5. The number of guanidine groups is 2. The number of anilines is 4. The van der Waals surface area contributed by atoms with Crippen LogP contribution < -0.4 is 9.80 Å². The third kappa shape index (κ3) is 7.36. The van der Waals surface area contributed by atoms with Gasteiger partial charge in [-0.05, 0) is 147 Å². The lowest BCUT2D eigenvalue weighted by Crippen LogP contribution is -2.46. The van der Waals surface area contributed by atoms with Crippen molar-refractivity contribution in [3.63, 3.8) is 0 Å². The summed E-state index contributed by atoms with van der Waals surface area (Å²) in [7, 11) is 2.15. The van der Waals surface area contributed by atoms with E-state index in [1.54, 1.807) is 0 Å². The average Bonchev–Trinajstić information content (AvgIpc) is 4.26. The van der Waals surface area contributed by atoms with Gasteiger partial charge in [-0.15, -0.1) is 0 Å². The van der Waals surface area contributed by atoms with Gasteiger partial charge in [0, 0.05) is 73.5 Å². The Hall–Kier alpha value is -10.2. The molecule has 0 N–H and O–H groups in total. The van der Waals surface area contributed by atoms with Crippen LogP contribution >= 0.6 is 0 Å². The minimum atomic E-state index is -0.471. The van der Waals surface area contributed by atoms with Crippen molar-refractivity contribution in [1.82, 2.24) is 14.0 Å². The Kier molecular flexibility index (Phi) is 10.8. The minimum Gasteiger partial charge on any atom is -0.319 e. The summed E-state index contributed by atoms with van der Waals surface area (Å²) in [4.78, 5) is 18.8. The molecule has 1 aliphatic heterocycles. The average molecular weight is 1070 g/mol. The molecule has 2 aliphatic carbocycles. The van der Waals surface area contributed by atoms with Crippen molar-refractivity contribution in [2.24, 2.45) is 9.98 Å². The molecule has 16 rings (SSSR count). The number of hydrogen-bond donors (Lipinski definition) is 0. The van der Waals surface area contributed by atoms with Crippen LogP contribution in [0.3, 0.4) is 0 Å². The summed E-state index contributed by atoms with van der Waals surface area (Å²) in [5.74, 6) is 1.32. The van der Waals surface area contributed by atoms with Crippen molar-refractivity contribution >= 4 is 78.3 Å². The third-order valence-electron chi connectivity index (χ3n) is 18.1. The molecule has 0 spiro atoms. The Morgan fingerprint density at radius 3 is 1.25 bits per heavy atom.